The molecule has 3 aromatic carbocycles. The molecule has 0 saturated carbocycles. The molecule has 0 amide bonds. The predicted molar refractivity (Wildman–Crippen MR) is 110 cm³/mol. The maximum Gasteiger partial charge on any atom is 0.0681 e. The Hall–Kier alpha value is -2.03. The summed E-state index contributed by atoms with van der Waals surface area (Å²) in [6, 6.07) is 24.4. The van der Waals surface area contributed by atoms with E-state index in [4.69, 9.17) is 0 Å². The molecule has 2 atom stereocenters. The topological polar surface area (TPSA) is 20.2 Å². The molecule has 1 aliphatic heterocycles. The van der Waals surface area contributed by atoms with Crippen LogP contribution in [-0.2, 0) is 6.61 Å². The molecule has 4 rings (SSSR count). The van der Waals surface area contributed by atoms with E-state index in [1.165, 1.54) is 32.7 Å². The highest BCUT2D eigenvalue weighted by Crippen LogP contribution is 2.49. The third-order valence-electron chi connectivity index (χ3n) is 5.35. The Morgan fingerprint density at radius 2 is 1.50 bits per heavy atom. The highest BCUT2D eigenvalue weighted by molar-refractivity contribution is 7.99. The van der Waals surface area contributed by atoms with Crippen molar-refractivity contribution in [2.24, 2.45) is 0 Å². The SMILES string of the molecule is Cc1ccc(C2CSc3cc(C)ccc3C2c2ccc(CO)cc2)cc1. The Kier molecular flexibility index (Phi) is 4.88. The van der Waals surface area contributed by atoms with Gasteiger partial charge in [0, 0.05) is 22.5 Å². The van der Waals surface area contributed by atoms with Gasteiger partial charge < -0.3 is 5.11 Å². The van der Waals surface area contributed by atoms with Gasteiger partial charge >= 0.3 is 0 Å². The van der Waals surface area contributed by atoms with Crippen LogP contribution < -0.4 is 0 Å². The van der Waals surface area contributed by atoms with E-state index in [1.54, 1.807) is 0 Å². The molecule has 0 saturated heterocycles. The molecule has 0 spiro atoms. The minimum absolute atomic E-state index is 0.0952. The molecule has 1 nitrogen and oxygen atoms in total. The van der Waals surface area contributed by atoms with Crippen LogP contribution in [0.1, 0.15) is 45.2 Å². The summed E-state index contributed by atoms with van der Waals surface area (Å²) >= 11 is 1.98. The highest BCUT2D eigenvalue weighted by atomic mass is 32.2. The smallest absolute Gasteiger partial charge is 0.0681 e. The van der Waals surface area contributed by atoms with Gasteiger partial charge in [-0.15, -0.1) is 11.8 Å². The zero-order valence-corrected chi connectivity index (χ0v) is 16.1. The van der Waals surface area contributed by atoms with E-state index in [0.717, 1.165) is 11.3 Å². The molecule has 1 aliphatic rings. The Morgan fingerprint density at radius 3 is 2.19 bits per heavy atom. The van der Waals surface area contributed by atoms with Crippen LogP contribution in [0.2, 0.25) is 0 Å². The molecule has 1 heterocycles. The fourth-order valence-corrected chi connectivity index (χ4v) is 5.24. The van der Waals surface area contributed by atoms with Gasteiger partial charge in [-0.3, -0.25) is 0 Å². The van der Waals surface area contributed by atoms with Gasteiger partial charge in [0.15, 0.2) is 0 Å². The number of rotatable bonds is 3. The summed E-state index contributed by atoms with van der Waals surface area (Å²) in [5.41, 5.74) is 7.75. The lowest BCUT2D eigenvalue weighted by atomic mass is 9.77. The van der Waals surface area contributed by atoms with E-state index in [0.29, 0.717) is 11.8 Å². The van der Waals surface area contributed by atoms with Crippen molar-refractivity contribution < 1.29 is 5.11 Å². The third-order valence-corrected chi connectivity index (χ3v) is 6.54. The van der Waals surface area contributed by atoms with Crippen LogP contribution in [0.4, 0.5) is 0 Å². The Labute approximate surface area is 160 Å². The quantitative estimate of drug-likeness (QED) is 0.635. The minimum atomic E-state index is 0.0952. The van der Waals surface area contributed by atoms with Crippen LogP contribution in [0, 0.1) is 13.8 Å². The average Bonchev–Trinajstić information content (AvgIpc) is 2.68. The van der Waals surface area contributed by atoms with Crippen LogP contribution in [0.15, 0.2) is 71.6 Å². The fraction of sp³-hybridized carbons (Fsp3) is 0.250. The fourth-order valence-electron chi connectivity index (χ4n) is 3.86. The maximum absolute atomic E-state index is 9.38. The zero-order chi connectivity index (χ0) is 18.1. The predicted octanol–water partition coefficient (Wildman–Crippen LogP) is 5.82. The van der Waals surface area contributed by atoms with Gasteiger partial charge in [0.25, 0.3) is 0 Å². The normalized spacial score (nSPS) is 19.2. The first-order chi connectivity index (χ1) is 12.7. The van der Waals surface area contributed by atoms with Crippen molar-refractivity contribution in [2.45, 2.75) is 37.2 Å². The molecule has 0 bridgehead atoms. The molecule has 3 aromatic rings. The monoisotopic (exact) mass is 360 g/mol. The lowest BCUT2D eigenvalue weighted by molar-refractivity contribution is 0.282. The number of aryl methyl sites for hydroxylation is 2. The van der Waals surface area contributed by atoms with Gasteiger partial charge in [-0.1, -0.05) is 66.2 Å². The lowest BCUT2D eigenvalue weighted by Gasteiger charge is -2.34. The third kappa shape index (κ3) is 3.32. The molecule has 1 N–H and O–H groups in total. The van der Waals surface area contributed by atoms with Crippen molar-refractivity contribution in [3.63, 3.8) is 0 Å². The summed E-state index contributed by atoms with van der Waals surface area (Å²) < 4.78 is 0. The molecular weight excluding hydrogens is 336 g/mol. The Balaban J connectivity index is 1.82. The highest BCUT2D eigenvalue weighted by Gasteiger charge is 2.32. The molecule has 0 fully saturated rings. The van der Waals surface area contributed by atoms with Crippen LogP contribution in [0.25, 0.3) is 0 Å². The summed E-state index contributed by atoms with van der Waals surface area (Å²) in [7, 11) is 0. The number of hydrogen-bond donors (Lipinski definition) is 1. The summed E-state index contributed by atoms with van der Waals surface area (Å²) in [4.78, 5) is 1.41. The van der Waals surface area contributed by atoms with Crippen molar-refractivity contribution in [2.75, 3.05) is 5.75 Å². The van der Waals surface area contributed by atoms with Gasteiger partial charge in [-0.25, -0.2) is 0 Å². The van der Waals surface area contributed by atoms with Crippen LogP contribution in [0.3, 0.4) is 0 Å². The largest absolute Gasteiger partial charge is 0.392 e. The van der Waals surface area contributed by atoms with E-state index in [9.17, 15) is 5.11 Å². The van der Waals surface area contributed by atoms with Crippen LogP contribution >= 0.6 is 11.8 Å². The number of thioether (sulfide) groups is 1. The lowest BCUT2D eigenvalue weighted by Crippen LogP contribution is -2.20. The van der Waals surface area contributed by atoms with Crippen molar-refractivity contribution in [3.05, 3.63) is 100 Å². The Bertz CT molecular complexity index is 896. The minimum Gasteiger partial charge on any atom is -0.392 e. The standard InChI is InChI=1S/C24H24OS/c1-16-3-8-19(9-4-16)22-15-26-23-13-17(2)5-12-21(23)24(22)20-10-6-18(14-25)7-11-20/h3-13,22,24-25H,14-15H2,1-2H3. The van der Waals surface area contributed by atoms with Gasteiger partial charge in [0.05, 0.1) is 6.61 Å². The average molecular weight is 361 g/mol. The molecule has 2 heteroatoms. The number of aliphatic hydroxyl groups is 1. The number of aliphatic hydroxyl groups excluding tert-OH is 1. The van der Waals surface area contributed by atoms with Gasteiger partial charge in [0.2, 0.25) is 0 Å². The summed E-state index contributed by atoms with van der Waals surface area (Å²) in [6.07, 6.45) is 0. The summed E-state index contributed by atoms with van der Waals surface area (Å²) in [5, 5.41) is 9.38. The second-order valence-corrected chi connectivity index (χ2v) is 8.31. The number of hydrogen-bond acceptors (Lipinski definition) is 2. The molecular formula is C24H24OS. The van der Waals surface area contributed by atoms with Crippen molar-refractivity contribution in [1.29, 1.82) is 0 Å². The molecule has 0 aliphatic carbocycles. The second-order valence-electron chi connectivity index (χ2n) is 7.25. The van der Waals surface area contributed by atoms with Crippen LogP contribution in [0.5, 0.6) is 0 Å². The number of benzene rings is 3. The second kappa shape index (κ2) is 7.30. The maximum atomic E-state index is 9.38. The Morgan fingerprint density at radius 1 is 0.846 bits per heavy atom. The summed E-state index contributed by atoms with van der Waals surface area (Å²) in [5.74, 6) is 1.89. The van der Waals surface area contributed by atoms with Gasteiger partial charge in [-0.05, 0) is 47.7 Å². The van der Waals surface area contributed by atoms with Crippen molar-refractivity contribution in [1.82, 2.24) is 0 Å². The first kappa shape index (κ1) is 17.4. The molecule has 0 aromatic heterocycles. The zero-order valence-electron chi connectivity index (χ0n) is 15.3. The van der Waals surface area contributed by atoms with Gasteiger partial charge in [-0.2, -0.15) is 0 Å². The molecule has 2 unspecified atom stereocenters. The van der Waals surface area contributed by atoms with E-state index >= 15 is 0 Å². The number of fused-ring (bicyclic) bond motifs is 1. The van der Waals surface area contributed by atoms with E-state index in [1.807, 2.05) is 11.8 Å². The van der Waals surface area contributed by atoms with Crippen molar-refractivity contribution in [3.8, 4) is 0 Å². The molecule has 26 heavy (non-hydrogen) atoms. The van der Waals surface area contributed by atoms with Crippen molar-refractivity contribution >= 4 is 11.8 Å². The van der Waals surface area contributed by atoms with E-state index < -0.39 is 0 Å². The first-order valence-corrected chi connectivity index (χ1v) is 10.1. The summed E-state index contributed by atoms with van der Waals surface area (Å²) in [6.45, 7) is 4.40. The van der Waals surface area contributed by atoms with E-state index in [2.05, 4.69) is 80.6 Å². The van der Waals surface area contributed by atoms with Crippen LogP contribution in [-0.4, -0.2) is 10.9 Å². The molecule has 132 valence electrons. The molecule has 0 radical (unpaired) electrons. The first-order valence-electron chi connectivity index (χ1n) is 9.15. The van der Waals surface area contributed by atoms with E-state index in [-0.39, 0.29) is 6.61 Å². The van der Waals surface area contributed by atoms with Gasteiger partial charge in [0.1, 0.15) is 0 Å².